The van der Waals surface area contributed by atoms with Crippen molar-refractivity contribution in [2.75, 3.05) is 5.32 Å². The van der Waals surface area contributed by atoms with Crippen LogP contribution in [0.2, 0.25) is 5.02 Å². The van der Waals surface area contributed by atoms with Gasteiger partial charge in [-0.05, 0) is 54.7 Å². The first-order valence-electron chi connectivity index (χ1n) is 9.00. The summed E-state index contributed by atoms with van der Waals surface area (Å²) < 4.78 is 1.99. The van der Waals surface area contributed by atoms with Crippen molar-refractivity contribution in [3.63, 3.8) is 0 Å². The zero-order valence-corrected chi connectivity index (χ0v) is 15.0. The lowest BCUT2D eigenvalue weighted by Crippen LogP contribution is -2.17. The van der Waals surface area contributed by atoms with Crippen LogP contribution in [0.15, 0.2) is 36.5 Å². The highest BCUT2D eigenvalue weighted by Gasteiger charge is 2.22. The minimum atomic E-state index is -0.156. The topological polar surface area (TPSA) is 59.0 Å². The number of anilines is 1. The molecule has 26 heavy (non-hydrogen) atoms. The highest BCUT2D eigenvalue weighted by molar-refractivity contribution is 6.32. The van der Waals surface area contributed by atoms with Crippen molar-refractivity contribution in [3.8, 4) is 0 Å². The summed E-state index contributed by atoms with van der Waals surface area (Å²) in [5, 5.41) is 12.3. The lowest BCUT2D eigenvalue weighted by Gasteiger charge is -2.25. The molecule has 2 aromatic carbocycles. The largest absolute Gasteiger partial charge is 0.322 e. The number of hydrogen-bond acceptors (Lipinski definition) is 3. The van der Waals surface area contributed by atoms with Gasteiger partial charge in [0.25, 0.3) is 5.91 Å². The summed E-state index contributed by atoms with van der Waals surface area (Å²) in [6.45, 7) is 1.73. The van der Waals surface area contributed by atoms with Crippen LogP contribution in [0.1, 0.15) is 46.8 Å². The van der Waals surface area contributed by atoms with Crippen molar-refractivity contribution in [1.82, 2.24) is 15.1 Å². The molecule has 1 fully saturated rings. The van der Waals surface area contributed by atoms with Crippen LogP contribution in [0.3, 0.4) is 0 Å². The fourth-order valence-electron chi connectivity index (χ4n) is 3.70. The number of fused-ring (bicyclic) bond motifs is 2. The minimum Gasteiger partial charge on any atom is -0.322 e. The summed E-state index contributed by atoms with van der Waals surface area (Å²) in [6.07, 6.45) is 5.51. The molecule has 2 heterocycles. The van der Waals surface area contributed by atoms with E-state index < -0.39 is 0 Å². The number of hydrogen-bond donors (Lipinski definition) is 2. The summed E-state index contributed by atoms with van der Waals surface area (Å²) in [5.74, 6) is -0.156. The molecule has 0 bridgehead atoms. The van der Waals surface area contributed by atoms with E-state index in [1.165, 1.54) is 17.5 Å². The average molecular weight is 367 g/mol. The van der Waals surface area contributed by atoms with Crippen molar-refractivity contribution < 1.29 is 4.79 Å². The third kappa shape index (κ3) is 2.68. The molecular formula is C20H19ClN4O. The molecule has 1 amide bonds. The van der Waals surface area contributed by atoms with Gasteiger partial charge in [-0.25, -0.2) is 0 Å². The van der Waals surface area contributed by atoms with Gasteiger partial charge in [0.2, 0.25) is 0 Å². The molecule has 132 valence electrons. The molecule has 0 atom stereocenters. The van der Waals surface area contributed by atoms with Crippen molar-refractivity contribution in [2.24, 2.45) is 0 Å². The van der Waals surface area contributed by atoms with Crippen LogP contribution in [-0.2, 0) is 13.1 Å². The Balaban J connectivity index is 1.49. The smallest absolute Gasteiger partial charge is 0.256 e. The van der Waals surface area contributed by atoms with E-state index in [1.54, 1.807) is 6.07 Å². The maximum absolute atomic E-state index is 12.9. The summed E-state index contributed by atoms with van der Waals surface area (Å²) in [6, 6.07) is 10.0. The summed E-state index contributed by atoms with van der Waals surface area (Å²) in [4.78, 5) is 12.9. The third-order valence-corrected chi connectivity index (χ3v) is 5.61. The van der Waals surface area contributed by atoms with Crippen molar-refractivity contribution >= 4 is 34.1 Å². The first kappa shape index (κ1) is 15.9. The Kier molecular flexibility index (Phi) is 3.72. The van der Waals surface area contributed by atoms with Gasteiger partial charge >= 0.3 is 0 Å². The first-order valence-corrected chi connectivity index (χ1v) is 9.37. The van der Waals surface area contributed by atoms with Gasteiger partial charge < -0.3 is 10.6 Å². The van der Waals surface area contributed by atoms with E-state index in [4.69, 9.17) is 11.6 Å². The highest BCUT2D eigenvalue weighted by Crippen LogP contribution is 2.33. The molecule has 1 aliphatic carbocycles. The number of carbonyl (C=O) groups is 1. The second-order valence-electron chi connectivity index (χ2n) is 7.12. The maximum Gasteiger partial charge on any atom is 0.256 e. The van der Waals surface area contributed by atoms with Gasteiger partial charge in [0.1, 0.15) is 0 Å². The lowest BCUT2D eigenvalue weighted by atomic mass is 9.93. The molecule has 5 rings (SSSR count). The Hall–Kier alpha value is -2.37. The molecule has 0 radical (unpaired) electrons. The van der Waals surface area contributed by atoms with E-state index in [1.807, 2.05) is 29.1 Å². The second kappa shape index (κ2) is 6.11. The molecule has 0 saturated heterocycles. The first-order chi connectivity index (χ1) is 12.7. The minimum absolute atomic E-state index is 0.156. The van der Waals surface area contributed by atoms with E-state index >= 15 is 0 Å². The van der Waals surface area contributed by atoms with E-state index in [-0.39, 0.29) is 5.91 Å². The van der Waals surface area contributed by atoms with Gasteiger partial charge in [-0.2, -0.15) is 5.10 Å². The van der Waals surface area contributed by atoms with Gasteiger partial charge in [0.15, 0.2) is 0 Å². The van der Waals surface area contributed by atoms with Crippen LogP contribution >= 0.6 is 11.6 Å². The lowest BCUT2D eigenvalue weighted by molar-refractivity contribution is 0.102. The Labute approximate surface area is 156 Å². The number of aromatic nitrogens is 2. The van der Waals surface area contributed by atoms with Crippen LogP contribution in [0, 0.1) is 0 Å². The fourth-order valence-corrected chi connectivity index (χ4v) is 3.92. The molecule has 6 heteroatoms. The monoisotopic (exact) mass is 366 g/mol. The van der Waals surface area contributed by atoms with E-state index in [2.05, 4.69) is 21.8 Å². The van der Waals surface area contributed by atoms with E-state index in [0.29, 0.717) is 16.6 Å². The normalized spacial score (nSPS) is 16.5. The van der Waals surface area contributed by atoms with Gasteiger partial charge in [0, 0.05) is 35.4 Å². The number of rotatable bonds is 3. The van der Waals surface area contributed by atoms with Gasteiger partial charge in [0.05, 0.1) is 17.1 Å². The van der Waals surface area contributed by atoms with E-state index in [0.717, 1.165) is 42.5 Å². The highest BCUT2D eigenvalue weighted by atomic mass is 35.5. The zero-order valence-electron chi connectivity index (χ0n) is 14.3. The van der Waals surface area contributed by atoms with E-state index in [9.17, 15) is 4.79 Å². The van der Waals surface area contributed by atoms with Crippen molar-refractivity contribution in [2.45, 2.75) is 38.4 Å². The van der Waals surface area contributed by atoms with Gasteiger partial charge in [-0.15, -0.1) is 0 Å². The summed E-state index contributed by atoms with van der Waals surface area (Å²) in [7, 11) is 0. The Morgan fingerprint density at radius 3 is 2.85 bits per heavy atom. The Morgan fingerprint density at radius 2 is 2.04 bits per heavy atom. The van der Waals surface area contributed by atoms with Gasteiger partial charge in [-0.3, -0.25) is 9.48 Å². The van der Waals surface area contributed by atoms with Crippen LogP contribution in [0.4, 0.5) is 5.69 Å². The predicted octanol–water partition coefficient (Wildman–Crippen LogP) is 4.27. The standard InChI is InChI=1S/C20H19ClN4O/c21-14-7-17(18-11-25(16-2-1-3-16)24-19(18)8-14)20(26)23-15-5-4-12-9-22-10-13(12)6-15/h4-8,11,16,22H,1-3,9-10H2,(H,23,26). The quantitative estimate of drug-likeness (QED) is 0.727. The Bertz CT molecular complexity index is 1020. The number of amides is 1. The third-order valence-electron chi connectivity index (χ3n) is 5.40. The summed E-state index contributed by atoms with van der Waals surface area (Å²) >= 11 is 6.25. The van der Waals surface area contributed by atoms with Crippen LogP contribution < -0.4 is 10.6 Å². The molecule has 1 aliphatic heterocycles. The second-order valence-corrected chi connectivity index (χ2v) is 7.56. The van der Waals surface area contributed by atoms with Crippen LogP contribution in [-0.4, -0.2) is 15.7 Å². The Morgan fingerprint density at radius 1 is 1.19 bits per heavy atom. The number of nitrogens with zero attached hydrogens (tertiary/aromatic N) is 2. The molecule has 0 unspecified atom stereocenters. The average Bonchev–Trinajstić information content (AvgIpc) is 3.18. The molecule has 0 spiro atoms. The fraction of sp³-hybridized carbons (Fsp3) is 0.300. The molecular weight excluding hydrogens is 348 g/mol. The number of carbonyl (C=O) groups excluding carboxylic acids is 1. The molecule has 3 aromatic rings. The van der Waals surface area contributed by atoms with Crippen LogP contribution in [0.25, 0.3) is 10.9 Å². The predicted molar refractivity (Wildman–Crippen MR) is 103 cm³/mol. The molecule has 2 aliphatic rings. The van der Waals surface area contributed by atoms with Crippen molar-refractivity contribution in [3.05, 3.63) is 58.2 Å². The van der Waals surface area contributed by atoms with Crippen LogP contribution in [0.5, 0.6) is 0 Å². The number of nitrogens with one attached hydrogen (secondary N) is 2. The molecule has 1 aromatic heterocycles. The van der Waals surface area contributed by atoms with Crippen molar-refractivity contribution in [1.29, 1.82) is 0 Å². The molecule has 5 nitrogen and oxygen atoms in total. The number of benzene rings is 2. The zero-order chi connectivity index (χ0) is 17.7. The SMILES string of the molecule is O=C(Nc1ccc2c(c1)CNC2)c1cc(Cl)cc2nn(C3CCC3)cc12. The summed E-state index contributed by atoms with van der Waals surface area (Å²) in [5.41, 5.74) is 4.66. The number of halogens is 1. The molecule has 1 saturated carbocycles. The molecule has 2 N–H and O–H groups in total. The maximum atomic E-state index is 12.9. The van der Waals surface area contributed by atoms with Gasteiger partial charge in [-0.1, -0.05) is 17.7 Å².